The first-order valence-corrected chi connectivity index (χ1v) is 7.40. The number of amides is 1. The molecule has 0 bridgehead atoms. The molecule has 21 heavy (non-hydrogen) atoms. The minimum Gasteiger partial charge on any atom is -0.381 e. The molecule has 1 saturated heterocycles. The lowest BCUT2D eigenvalue weighted by molar-refractivity contribution is -0.137. The Hall–Kier alpha value is -1.08. The molecule has 1 fully saturated rings. The maximum Gasteiger partial charge on any atom is 0.416 e. The van der Waals surface area contributed by atoms with Crippen molar-refractivity contribution in [2.24, 2.45) is 5.92 Å². The number of rotatable bonds is 3. The number of hydrogen-bond acceptors (Lipinski definition) is 2. The predicted molar refractivity (Wildman–Crippen MR) is 75.0 cm³/mol. The molecule has 0 aliphatic carbocycles. The summed E-state index contributed by atoms with van der Waals surface area (Å²) >= 11 is 3.12. The zero-order chi connectivity index (χ0) is 15.5. The second-order valence-corrected chi connectivity index (χ2v) is 5.81. The molecule has 0 radical (unpaired) electrons. The lowest BCUT2D eigenvalue weighted by atomic mass is 10.0. The van der Waals surface area contributed by atoms with Gasteiger partial charge >= 0.3 is 6.18 Å². The third kappa shape index (κ3) is 4.44. The molecule has 1 aromatic rings. The van der Waals surface area contributed by atoms with Crippen LogP contribution in [-0.2, 0) is 10.9 Å². The number of halogens is 4. The Morgan fingerprint density at radius 2 is 2.00 bits per heavy atom. The smallest absolute Gasteiger partial charge is 0.381 e. The first-order chi connectivity index (χ1) is 9.88. The van der Waals surface area contributed by atoms with Crippen molar-refractivity contribution < 1.29 is 22.7 Å². The molecule has 3 nitrogen and oxygen atoms in total. The van der Waals surface area contributed by atoms with E-state index in [0.717, 1.165) is 25.0 Å². The summed E-state index contributed by atoms with van der Waals surface area (Å²) in [5.74, 6) is -0.188. The van der Waals surface area contributed by atoms with Gasteiger partial charge in [0.25, 0.3) is 5.91 Å². The lowest BCUT2D eigenvalue weighted by Crippen LogP contribution is -2.32. The fourth-order valence-corrected chi connectivity index (χ4v) is 2.59. The summed E-state index contributed by atoms with van der Waals surface area (Å²) in [4.78, 5) is 12.0. The Kier molecular flexibility index (Phi) is 5.27. The van der Waals surface area contributed by atoms with E-state index in [1.165, 1.54) is 6.07 Å². The Morgan fingerprint density at radius 1 is 1.33 bits per heavy atom. The van der Waals surface area contributed by atoms with Crippen LogP contribution in [0.25, 0.3) is 0 Å². The van der Waals surface area contributed by atoms with Gasteiger partial charge in [0.2, 0.25) is 0 Å². The molecule has 0 unspecified atom stereocenters. The number of nitrogens with one attached hydrogen (secondary N) is 1. The molecule has 1 N–H and O–H groups in total. The van der Waals surface area contributed by atoms with Crippen molar-refractivity contribution in [2.75, 3.05) is 19.8 Å². The first-order valence-electron chi connectivity index (χ1n) is 6.60. The van der Waals surface area contributed by atoms with Gasteiger partial charge in [0.15, 0.2) is 0 Å². The number of alkyl halides is 3. The predicted octanol–water partition coefficient (Wildman–Crippen LogP) is 3.62. The fraction of sp³-hybridized carbons (Fsp3) is 0.500. The topological polar surface area (TPSA) is 38.3 Å². The van der Waals surface area contributed by atoms with Crippen molar-refractivity contribution in [3.8, 4) is 0 Å². The molecule has 0 saturated carbocycles. The van der Waals surface area contributed by atoms with Gasteiger partial charge in [0.05, 0.1) is 11.1 Å². The van der Waals surface area contributed by atoms with E-state index in [1.54, 1.807) is 0 Å². The molecule has 0 aromatic heterocycles. The van der Waals surface area contributed by atoms with Crippen molar-refractivity contribution in [1.29, 1.82) is 0 Å². The summed E-state index contributed by atoms with van der Waals surface area (Å²) < 4.78 is 43.6. The number of benzene rings is 1. The number of carbonyl (C=O) groups excluding carboxylic acids is 1. The van der Waals surface area contributed by atoms with Gasteiger partial charge in [-0.2, -0.15) is 13.2 Å². The molecule has 2 rings (SSSR count). The molecule has 7 heteroatoms. The summed E-state index contributed by atoms with van der Waals surface area (Å²) in [5, 5.41) is 2.70. The Bertz CT molecular complexity index is 513. The largest absolute Gasteiger partial charge is 0.416 e. The van der Waals surface area contributed by atoms with Gasteiger partial charge < -0.3 is 10.1 Å². The van der Waals surface area contributed by atoms with Gasteiger partial charge in [-0.1, -0.05) is 0 Å². The quantitative estimate of drug-likeness (QED) is 0.888. The highest BCUT2D eigenvalue weighted by Gasteiger charge is 2.31. The maximum atomic E-state index is 12.7. The number of hydrogen-bond donors (Lipinski definition) is 1. The molecule has 1 amide bonds. The van der Waals surface area contributed by atoms with Crippen LogP contribution in [-0.4, -0.2) is 25.7 Å². The van der Waals surface area contributed by atoms with Crippen molar-refractivity contribution in [1.82, 2.24) is 5.32 Å². The monoisotopic (exact) mass is 365 g/mol. The first kappa shape index (κ1) is 16.3. The Balaban J connectivity index is 2.04. The highest BCUT2D eigenvalue weighted by Crippen LogP contribution is 2.31. The lowest BCUT2D eigenvalue weighted by Gasteiger charge is -2.22. The summed E-state index contributed by atoms with van der Waals surface area (Å²) in [6.45, 7) is 1.77. The van der Waals surface area contributed by atoms with Gasteiger partial charge in [-0.3, -0.25) is 4.79 Å². The average molecular weight is 366 g/mol. The van der Waals surface area contributed by atoms with Gasteiger partial charge in [0.1, 0.15) is 0 Å². The van der Waals surface area contributed by atoms with E-state index >= 15 is 0 Å². The fourth-order valence-electron chi connectivity index (χ4n) is 2.16. The molecule has 1 heterocycles. The highest BCUT2D eigenvalue weighted by molar-refractivity contribution is 9.10. The van der Waals surface area contributed by atoms with Crippen LogP contribution in [0.15, 0.2) is 22.7 Å². The van der Waals surface area contributed by atoms with E-state index in [2.05, 4.69) is 21.2 Å². The molecule has 0 atom stereocenters. The highest BCUT2D eigenvalue weighted by atomic mass is 79.9. The van der Waals surface area contributed by atoms with Crippen molar-refractivity contribution in [2.45, 2.75) is 19.0 Å². The second-order valence-electron chi connectivity index (χ2n) is 4.96. The van der Waals surface area contributed by atoms with E-state index in [4.69, 9.17) is 4.74 Å². The second kappa shape index (κ2) is 6.79. The van der Waals surface area contributed by atoms with Crippen LogP contribution in [0.3, 0.4) is 0 Å². The van der Waals surface area contributed by atoms with E-state index in [9.17, 15) is 18.0 Å². The Morgan fingerprint density at radius 3 is 2.62 bits per heavy atom. The third-order valence-electron chi connectivity index (χ3n) is 3.43. The van der Waals surface area contributed by atoms with E-state index in [-0.39, 0.29) is 5.56 Å². The zero-order valence-electron chi connectivity index (χ0n) is 11.2. The van der Waals surface area contributed by atoms with E-state index in [1.807, 2.05) is 0 Å². The molecule has 116 valence electrons. The normalized spacial score (nSPS) is 16.8. The Labute approximate surface area is 129 Å². The van der Waals surface area contributed by atoms with E-state index < -0.39 is 17.6 Å². The van der Waals surface area contributed by atoms with Crippen molar-refractivity contribution >= 4 is 21.8 Å². The van der Waals surface area contributed by atoms with Crippen molar-refractivity contribution in [3.63, 3.8) is 0 Å². The molecule has 1 aliphatic rings. The van der Waals surface area contributed by atoms with Crippen LogP contribution < -0.4 is 5.32 Å². The minimum atomic E-state index is -4.46. The summed E-state index contributed by atoms with van der Waals surface area (Å²) in [6.07, 6.45) is -2.76. The van der Waals surface area contributed by atoms with Crippen molar-refractivity contribution in [3.05, 3.63) is 33.8 Å². The van der Waals surface area contributed by atoms with E-state index in [0.29, 0.717) is 30.1 Å². The minimum absolute atomic E-state index is 0.00288. The summed E-state index contributed by atoms with van der Waals surface area (Å²) in [5.41, 5.74) is -0.834. The van der Waals surface area contributed by atoms with Crippen LogP contribution >= 0.6 is 15.9 Å². The zero-order valence-corrected chi connectivity index (χ0v) is 12.8. The molecular formula is C14H15BrF3NO2. The maximum absolute atomic E-state index is 12.7. The van der Waals surface area contributed by atoms with Crippen LogP contribution in [0, 0.1) is 5.92 Å². The molecule has 0 spiro atoms. The molecular weight excluding hydrogens is 351 g/mol. The van der Waals surface area contributed by atoms with Gasteiger partial charge in [-0.15, -0.1) is 0 Å². The SMILES string of the molecule is O=C(NCC1CCOCC1)c1cc(C(F)(F)F)ccc1Br. The van der Waals surface area contributed by atoms with Crippen LogP contribution in [0.4, 0.5) is 13.2 Å². The van der Waals surface area contributed by atoms with Gasteiger partial charge in [-0.05, 0) is 52.9 Å². The van der Waals surface area contributed by atoms with Crippen LogP contribution in [0.1, 0.15) is 28.8 Å². The van der Waals surface area contributed by atoms with Gasteiger partial charge in [-0.25, -0.2) is 0 Å². The summed E-state index contributed by atoms with van der Waals surface area (Å²) in [7, 11) is 0. The number of carbonyl (C=O) groups is 1. The van der Waals surface area contributed by atoms with Gasteiger partial charge in [0, 0.05) is 24.2 Å². The number of ether oxygens (including phenoxy) is 1. The van der Waals surface area contributed by atoms with Crippen LogP contribution in [0.5, 0.6) is 0 Å². The molecule has 1 aromatic carbocycles. The third-order valence-corrected chi connectivity index (χ3v) is 4.12. The standard InChI is InChI=1S/C14H15BrF3NO2/c15-12-2-1-10(14(16,17)18)7-11(12)13(20)19-8-9-3-5-21-6-4-9/h1-2,7,9H,3-6,8H2,(H,19,20). The summed E-state index contributed by atoms with van der Waals surface area (Å²) in [6, 6.07) is 3.05. The van der Waals surface area contributed by atoms with Crippen LogP contribution in [0.2, 0.25) is 0 Å². The molecule has 1 aliphatic heterocycles. The average Bonchev–Trinajstić information content (AvgIpc) is 2.45.